The summed E-state index contributed by atoms with van der Waals surface area (Å²) < 4.78 is 40.7. The lowest BCUT2D eigenvalue weighted by atomic mass is 9.80. The van der Waals surface area contributed by atoms with E-state index in [1.807, 2.05) is 12.1 Å². The topological polar surface area (TPSA) is 67.2 Å². The molecule has 0 saturated heterocycles. The molecule has 1 aliphatic rings. The molecular formula is C21H22F3N3O. The SMILES string of the molecule is CNC(=O)c1cccc(NCC2=CC[C@H](c3cc(F)c(F)cc3F)[C@@H](N)C2)c1. The Morgan fingerprint density at radius 2 is 1.89 bits per heavy atom. The van der Waals surface area contributed by atoms with Crippen LogP contribution in [-0.4, -0.2) is 25.5 Å². The van der Waals surface area contributed by atoms with Gasteiger partial charge in [-0.1, -0.05) is 17.7 Å². The van der Waals surface area contributed by atoms with Crippen LogP contribution in [0.5, 0.6) is 0 Å². The molecule has 1 aliphatic carbocycles. The van der Waals surface area contributed by atoms with Gasteiger partial charge in [0.2, 0.25) is 0 Å². The lowest BCUT2D eigenvalue weighted by molar-refractivity contribution is 0.0963. The average molecular weight is 389 g/mol. The van der Waals surface area contributed by atoms with E-state index in [0.29, 0.717) is 31.0 Å². The number of nitrogens with two attached hydrogens (primary N) is 1. The molecule has 148 valence electrons. The smallest absolute Gasteiger partial charge is 0.251 e. The van der Waals surface area contributed by atoms with Crippen LogP contribution in [0.3, 0.4) is 0 Å². The van der Waals surface area contributed by atoms with E-state index >= 15 is 0 Å². The lowest BCUT2D eigenvalue weighted by Gasteiger charge is -2.29. The summed E-state index contributed by atoms with van der Waals surface area (Å²) in [6, 6.07) is 8.18. The largest absolute Gasteiger partial charge is 0.381 e. The third kappa shape index (κ3) is 4.36. The Kier molecular flexibility index (Phi) is 6.04. The Labute approximate surface area is 161 Å². The molecule has 2 atom stereocenters. The van der Waals surface area contributed by atoms with Gasteiger partial charge in [-0.2, -0.15) is 0 Å². The minimum Gasteiger partial charge on any atom is -0.381 e. The highest BCUT2D eigenvalue weighted by molar-refractivity contribution is 5.94. The number of nitrogens with one attached hydrogen (secondary N) is 2. The van der Waals surface area contributed by atoms with Gasteiger partial charge >= 0.3 is 0 Å². The standard InChI is InChI=1S/C21H22F3N3O/c1-26-21(28)13-3-2-4-14(8-13)27-11-12-5-6-15(20(25)7-12)16-9-18(23)19(24)10-17(16)22/h2-5,8-10,15,20,27H,6-7,11,25H2,1H3,(H,26,28)/t15-,20+/m1/s1. The summed E-state index contributed by atoms with van der Waals surface area (Å²) in [5, 5.41) is 5.83. The molecule has 0 aliphatic heterocycles. The summed E-state index contributed by atoms with van der Waals surface area (Å²) >= 11 is 0. The number of carbonyl (C=O) groups is 1. The normalized spacial score (nSPS) is 19.1. The van der Waals surface area contributed by atoms with Crippen molar-refractivity contribution < 1.29 is 18.0 Å². The number of allylic oxidation sites excluding steroid dienone is 1. The molecule has 7 heteroatoms. The van der Waals surface area contributed by atoms with Gasteiger partial charge in [0, 0.05) is 42.9 Å². The monoisotopic (exact) mass is 389 g/mol. The predicted octanol–water partition coefficient (Wildman–Crippen LogP) is 3.71. The Balaban J connectivity index is 1.67. The molecular weight excluding hydrogens is 367 g/mol. The molecule has 0 saturated carbocycles. The molecule has 0 fully saturated rings. The van der Waals surface area contributed by atoms with Crippen LogP contribution >= 0.6 is 0 Å². The third-order valence-electron chi connectivity index (χ3n) is 4.99. The second-order valence-corrected chi connectivity index (χ2v) is 6.87. The van der Waals surface area contributed by atoms with Crippen molar-refractivity contribution in [1.82, 2.24) is 5.32 Å². The van der Waals surface area contributed by atoms with Crippen LogP contribution in [0.2, 0.25) is 0 Å². The minimum absolute atomic E-state index is 0.105. The van der Waals surface area contributed by atoms with Crippen molar-refractivity contribution in [1.29, 1.82) is 0 Å². The fourth-order valence-corrected chi connectivity index (χ4v) is 3.45. The van der Waals surface area contributed by atoms with Crippen molar-refractivity contribution >= 4 is 11.6 Å². The number of rotatable bonds is 5. The van der Waals surface area contributed by atoms with Crippen LogP contribution in [-0.2, 0) is 0 Å². The number of carbonyl (C=O) groups excluding carboxylic acids is 1. The zero-order valence-electron chi connectivity index (χ0n) is 15.4. The van der Waals surface area contributed by atoms with Crippen molar-refractivity contribution in [2.24, 2.45) is 5.73 Å². The second-order valence-electron chi connectivity index (χ2n) is 6.87. The summed E-state index contributed by atoms with van der Waals surface area (Å²) in [6.07, 6.45) is 2.90. The summed E-state index contributed by atoms with van der Waals surface area (Å²) in [6.45, 7) is 0.526. The van der Waals surface area contributed by atoms with E-state index in [2.05, 4.69) is 10.6 Å². The molecule has 28 heavy (non-hydrogen) atoms. The highest BCUT2D eigenvalue weighted by Gasteiger charge is 2.27. The first-order valence-corrected chi connectivity index (χ1v) is 9.03. The van der Waals surface area contributed by atoms with Gasteiger partial charge in [0.1, 0.15) is 5.82 Å². The Morgan fingerprint density at radius 3 is 2.61 bits per heavy atom. The molecule has 2 aromatic carbocycles. The van der Waals surface area contributed by atoms with Gasteiger partial charge in [-0.15, -0.1) is 0 Å². The van der Waals surface area contributed by atoms with Crippen LogP contribution in [0.4, 0.5) is 18.9 Å². The Morgan fingerprint density at radius 1 is 1.14 bits per heavy atom. The molecule has 4 N–H and O–H groups in total. The highest BCUT2D eigenvalue weighted by atomic mass is 19.2. The van der Waals surface area contributed by atoms with Gasteiger partial charge in [-0.25, -0.2) is 13.2 Å². The molecule has 1 amide bonds. The first kappa shape index (κ1) is 19.9. The average Bonchev–Trinajstić information content (AvgIpc) is 2.69. The number of hydrogen-bond donors (Lipinski definition) is 3. The van der Waals surface area contributed by atoms with Gasteiger partial charge in [-0.3, -0.25) is 4.79 Å². The van der Waals surface area contributed by atoms with Crippen LogP contribution in [0, 0.1) is 17.5 Å². The van der Waals surface area contributed by atoms with Gasteiger partial charge < -0.3 is 16.4 Å². The maximum atomic E-state index is 14.1. The fourth-order valence-electron chi connectivity index (χ4n) is 3.45. The van der Waals surface area contributed by atoms with Crippen LogP contribution < -0.4 is 16.4 Å². The van der Waals surface area contributed by atoms with E-state index in [1.54, 1.807) is 25.2 Å². The van der Waals surface area contributed by atoms with E-state index in [9.17, 15) is 18.0 Å². The van der Waals surface area contributed by atoms with Gasteiger partial charge in [0.15, 0.2) is 11.6 Å². The number of amides is 1. The van der Waals surface area contributed by atoms with Crippen molar-refractivity contribution in [3.05, 3.63) is 76.6 Å². The molecule has 0 spiro atoms. The fraction of sp³-hybridized carbons (Fsp3) is 0.286. The second kappa shape index (κ2) is 8.48. The van der Waals surface area contributed by atoms with E-state index in [1.165, 1.54) is 0 Å². The summed E-state index contributed by atoms with van der Waals surface area (Å²) in [4.78, 5) is 11.7. The summed E-state index contributed by atoms with van der Waals surface area (Å²) in [5.74, 6) is -3.63. The zero-order chi connectivity index (χ0) is 20.3. The third-order valence-corrected chi connectivity index (χ3v) is 4.99. The number of hydrogen-bond acceptors (Lipinski definition) is 3. The molecule has 2 aromatic rings. The van der Waals surface area contributed by atoms with Crippen molar-refractivity contribution in [3.8, 4) is 0 Å². The number of halogens is 3. The molecule has 0 heterocycles. The lowest BCUT2D eigenvalue weighted by Crippen LogP contribution is -2.33. The first-order valence-electron chi connectivity index (χ1n) is 9.03. The molecule has 0 radical (unpaired) electrons. The van der Waals surface area contributed by atoms with Crippen LogP contribution in [0.15, 0.2) is 48.0 Å². The van der Waals surface area contributed by atoms with Crippen molar-refractivity contribution in [2.45, 2.75) is 24.8 Å². The van der Waals surface area contributed by atoms with E-state index < -0.39 is 29.4 Å². The predicted molar refractivity (Wildman–Crippen MR) is 103 cm³/mol. The van der Waals surface area contributed by atoms with Crippen molar-refractivity contribution in [3.63, 3.8) is 0 Å². The highest BCUT2D eigenvalue weighted by Crippen LogP contribution is 2.33. The van der Waals surface area contributed by atoms with Gasteiger partial charge in [0.25, 0.3) is 5.91 Å². The maximum Gasteiger partial charge on any atom is 0.251 e. The van der Waals surface area contributed by atoms with E-state index in [0.717, 1.165) is 17.3 Å². The maximum absolute atomic E-state index is 14.1. The molecule has 0 aromatic heterocycles. The Hall–Kier alpha value is -2.80. The summed E-state index contributed by atoms with van der Waals surface area (Å²) in [5.41, 5.74) is 8.70. The molecule has 0 unspecified atom stereocenters. The van der Waals surface area contributed by atoms with E-state index in [4.69, 9.17) is 5.73 Å². The molecule has 4 nitrogen and oxygen atoms in total. The number of benzene rings is 2. The van der Waals surface area contributed by atoms with Crippen LogP contribution in [0.1, 0.15) is 34.7 Å². The number of anilines is 1. The Bertz CT molecular complexity index is 914. The molecule has 0 bridgehead atoms. The summed E-state index contributed by atoms with van der Waals surface area (Å²) in [7, 11) is 1.57. The quantitative estimate of drug-likeness (QED) is 0.540. The van der Waals surface area contributed by atoms with Crippen LogP contribution in [0.25, 0.3) is 0 Å². The van der Waals surface area contributed by atoms with Gasteiger partial charge in [0.05, 0.1) is 0 Å². The molecule has 3 rings (SSSR count). The zero-order valence-corrected chi connectivity index (χ0v) is 15.4. The van der Waals surface area contributed by atoms with Gasteiger partial charge in [-0.05, 0) is 42.7 Å². The first-order chi connectivity index (χ1) is 13.4. The van der Waals surface area contributed by atoms with E-state index in [-0.39, 0.29) is 11.5 Å². The van der Waals surface area contributed by atoms with Crippen molar-refractivity contribution in [2.75, 3.05) is 18.9 Å². The minimum atomic E-state index is -1.20.